The highest BCUT2D eigenvalue weighted by Gasteiger charge is 2.21. The zero-order chi connectivity index (χ0) is 20.5. The van der Waals surface area contributed by atoms with Crippen molar-refractivity contribution in [3.63, 3.8) is 0 Å². The first kappa shape index (κ1) is 19.4. The molecule has 0 unspecified atom stereocenters. The molecule has 3 heterocycles. The van der Waals surface area contributed by atoms with Crippen molar-refractivity contribution in [1.82, 2.24) is 14.9 Å². The van der Waals surface area contributed by atoms with Gasteiger partial charge in [-0.1, -0.05) is 18.2 Å². The number of ether oxygens (including phenoxy) is 1. The van der Waals surface area contributed by atoms with E-state index in [9.17, 15) is 0 Å². The minimum Gasteiger partial charge on any atom is -0.492 e. The number of aromatic nitrogens is 2. The van der Waals surface area contributed by atoms with Crippen molar-refractivity contribution in [1.29, 1.82) is 0 Å². The lowest BCUT2D eigenvalue weighted by atomic mass is 10.0. The fraction of sp³-hybridized carbons (Fsp3) is 0.320. The molecular formula is C25H26ClN3O. The fourth-order valence-electron chi connectivity index (χ4n) is 4.68. The van der Waals surface area contributed by atoms with Gasteiger partial charge in [0.15, 0.2) is 0 Å². The van der Waals surface area contributed by atoms with E-state index in [0.717, 1.165) is 49.1 Å². The monoisotopic (exact) mass is 419 g/mol. The second-order valence-corrected chi connectivity index (χ2v) is 8.18. The Kier molecular flexibility index (Phi) is 5.36. The summed E-state index contributed by atoms with van der Waals surface area (Å²) in [5, 5.41) is 6.03. The third-order valence-corrected chi connectivity index (χ3v) is 6.50. The lowest BCUT2D eigenvalue weighted by Gasteiger charge is -2.14. The highest BCUT2D eigenvalue weighted by Crippen LogP contribution is 2.32. The maximum Gasteiger partial charge on any atom is 0.121 e. The van der Waals surface area contributed by atoms with Gasteiger partial charge in [0, 0.05) is 47.6 Å². The van der Waals surface area contributed by atoms with Gasteiger partial charge >= 0.3 is 0 Å². The Hall–Kier alpha value is -2.56. The summed E-state index contributed by atoms with van der Waals surface area (Å²) in [4.78, 5) is 4.43. The smallest absolute Gasteiger partial charge is 0.121 e. The van der Waals surface area contributed by atoms with E-state index in [1.807, 2.05) is 24.4 Å². The van der Waals surface area contributed by atoms with E-state index in [2.05, 4.69) is 46.1 Å². The van der Waals surface area contributed by atoms with E-state index in [1.54, 1.807) is 0 Å². The molecule has 0 saturated heterocycles. The van der Waals surface area contributed by atoms with Crippen LogP contribution in [-0.4, -0.2) is 29.2 Å². The number of nitrogens with one attached hydrogen (secondary N) is 1. The van der Waals surface area contributed by atoms with Gasteiger partial charge in [0.05, 0.1) is 17.6 Å². The Morgan fingerprint density at radius 2 is 2.03 bits per heavy atom. The van der Waals surface area contributed by atoms with Gasteiger partial charge in [0.25, 0.3) is 0 Å². The quantitative estimate of drug-likeness (QED) is 0.462. The van der Waals surface area contributed by atoms with Gasteiger partial charge in [0.2, 0.25) is 0 Å². The zero-order valence-corrected chi connectivity index (χ0v) is 18.0. The highest BCUT2D eigenvalue weighted by atomic mass is 35.5. The van der Waals surface area contributed by atoms with Crippen molar-refractivity contribution in [2.24, 2.45) is 0 Å². The molecule has 30 heavy (non-hydrogen) atoms. The molecule has 0 amide bonds. The summed E-state index contributed by atoms with van der Waals surface area (Å²) in [7, 11) is 0. The zero-order valence-electron chi connectivity index (χ0n) is 17.2. The number of pyridine rings is 1. The standard InChI is InChI=1S/C25H26ClN3O/c1-17-19(16-26)5-7-22-21-8-11-27-12-9-24(21)29(25(17)22)13-14-30-20-6-4-18-3-2-10-28-23(18)15-20/h2-7,10,15,27H,8-9,11-14,16H2,1H3. The average Bonchev–Trinajstić information content (AvgIpc) is 2.91. The van der Waals surface area contributed by atoms with E-state index in [4.69, 9.17) is 16.3 Å². The van der Waals surface area contributed by atoms with Crippen LogP contribution < -0.4 is 10.1 Å². The molecule has 0 radical (unpaired) electrons. The van der Waals surface area contributed by atoms with E-state index < -0.39 is 0 Å². The molecule has 0 saturated carbocycles. The number of hydrogen-bond donors (Lipinski definition) is 1. The van der Waals surface area contributed by atoms with Gasteiger partial charge in [-0.2, -0.15) is 0 Å². The van der Waals surface area contributed by atoms with Crippen molar-refractivity contribution < 1.29 is 4.74 Å². The minimum absolute atomic E-state index is 0.541. The molecule has 1 N–H and O–H groups in total. The van der Waals surface area contributed by atoms with Gasteiger partial charge in [-0.15, -0.1) is 11.6 Å². The van der Waals surface area contributed by atoms with Crippen LogP contribution in [0.4, 0.5) is 0 Å². The first-order valence-corrected chi connectivity index (χ1v) is 11.2. The summed E-state index contributed by atoms with van der Waals surface area (Å²) in [6.07, 6.45) is 3.92. The predicted octanol–water partition coefficient (Wildman–Crippen LogP) is 5.00. The molecule has 1 aliphatic heterocycles. The number of rotatable bonds is 5. The molecule has 0 aliphatic carbocycles. The maximum atomic E-state index is 6.22. The van der Waals surface area contributed by atoms with Gasteiger partial charge < -0.3 is 14.6 Å². The number of fused-ring (bicyclic) bond motifs is 4. The Bertz CT molecular complexity index is 1210. The van der Waals surface area contributed by atoms with Crippen molar-refractivity contribution in [2.75, 3.05) is 19.7 Å². The molecule has 1 aliphatic rings. The van der Waals surface area contributed by atoms with Crippen molar-refractivity contribution in [3.8, 4) is 5.75 Å². The van der Waals surface area contributed by atoms with Crippen LogP contribution in [0.3, 0.4) is 0 Å². The fourth-order valence-corrected chi connectivity index (χ4v) is 4.97. The van der Waals surface area contributed by atoms with E-state index >= 15 is 0 Å². The number of halogens is 1. The minimum atomic E-state index is 0.541. The Labute approximate surface area is 181 Å². The molecule has 5 heteroatoms. The normalized spacial score (nSPS) is 14.1. The molecule has 0 bridgehead atoms. The number of benzene rings is 2. The third kappa shape index (κ3) is 3.44. The van der Waals surface area contributed by atoms with E-state index in [1.165, 1.54) is 33.3 Å². The molecule has 5 rings (SSSR count). The lowest BCUT2D eigenvalue weighted by Crippen LogP contribution is -2.18. The highest BCUT2D eigenvalue weighted by molar-refractivity contribution is 6.17. The van der Waals surface area contributed by atoms with Crippen molar-refractivity contribution >= 4 is 33.4 Å². The van der Waals surface area contributed by atoms with Crippen LogP contribution in [0.5, 0.6) is 5.75 Å². The first-order valence-electron chi connectivity index (χ1n) is 10.6. The average molecular weight is 420 g/mol. The van der Waals surface area contributed by atoms with Gasteiger partial charge in [-0.25, -0.2) is 0 Å². The predicted molar refractivity (Wildman–Crippen MR) is 124 cm³/mol. The summed E-state index contributed by atoms with van der Waals surface area (Å²) in [5.74, 6) is 1.41. The molecule has 0 fully saturated rings. The summed E-state index contributed by atoms with van der Waals surface area (Å²) in [6, 6.07) is 14.6. The molecule has 154 valence electrons. The summed E-state index contributed by atoms with van der Waals surface area (Å²) >= 11 is 6.22. The Morgan fingerprint density at radius 1 is 1.13 bits per heavy atom. The van der Waals surface area contributed by atoms with Crippen LogP contribution in [0.1, 0.15) is 22.4 Å². The Balaban J connectivity index is 1.47. The van der Waals surface area contributed by atoms with Gasteiger partial charge in [-0.05, 0) is 54.8 Å². The number of aryl methyl sites for hydroxylation is 1. The van der Waals surface area contributed by atoms with Crippen LogP contribution in [0.25, 0.3) is 21.8 Å². The van der Waals surface area contributed by atoms with Crippen LogP contribution in [0.15, 0.2) is 48.7 Å². The van der Waals surface area contributed by atoms with Crippen LogP contribution >= 0.6 is 11.6 Å². The van der Waals surface area contributed by atoms with E-state index in [0.29, 0.717) is 12.5 Å². The second kappa shape index (κ2) is 8.29. The first-order chi connectivity index (χ1) is 14.8. The molecule has 0 spiro atoms. The summed E-state index contributed by atoms with van der Waals surface area (Å²) in [6.45, 7) is 5.68. The Morgan fingerprint density at radius 3 is 2.93 bits per heavy atom. The van der Waals surface area contributed by atoms with Crippen LogP contribution in [-0.2, 0) is 25.3 Å². The van der Waals surface area contributed by atoms with Crippen LogP contribution in [0.2, 0.25) is 0 Å². The largest absolute Gasteiger partial charge is 0.492 e. The van der Waals surface area contributed by atoms with E-state index in [-0.39, 0.29) is 0 Å². The lowest BCUT2D eigenvalue weighted by molar-refractivity contribution is 0.299. The van der Waals surface area contributed by atoms with Gasteiger partial charge in [0.1, 0.15) is 12.4 Å². The molecule has 2 aromatic carbocycles. The SMILES string of the molecule is Cc1c(CCl)ccc2c3c(n(CCOc4ccc5cccnc5c4)c12)CCNCC3. The van der Waals surface area contributed by atoms with Gasteiger partial charge in [-0.3, -0.25) is 4.98 Å². The summed E-state index contributed by atoms with van der Waals surface area (Å²) in [5.41, 5.74) is 7.70. The number of hydrogen-bond acceptors (Lipinski definition) is 3. The third-order valence-electron chi connectivity index (χ3n) is 6.21. The second-order valence-electron chi connectivity index (χ2n) is 7.91. The molecule has 4 nitrogen and oxygen atoms in total. The van der Waals surface area contributed by atoms with Crippen LogP contribution in [0, 0.1) is 6.92 Å². The number of nitrogens with zero attached hydrogens (tertiary/aromatic N) is 2. The number of alkyl halides is 1. The molecule has 2 aromatic heterocycles. The molecule has 4 aromatic rings. The molecular weight excluding hydrogens is 394 g/mol. The van der Waals surface area contributed by atoms with Crippen molar-refractivity contribution in [3.05, 3.63) is 71.0 Å². The topological polar surface area (TPSA) is 39.1 Å². The molecule has 0 atom stereocenters. The maximum absolute atomic E-state index is 6.22. The summed E-state index contributed by atoms with van der Waals surface area (Å²) < 4.78 is 8.63. The van der Waals surface area contributed by atoms with Crippen molar-refractivity contribution in [2.45, 2.75) is 32.2 Å².